The number of nitrogens with one attached hydrogen (secondary N) is 1. The van der Waals surface area contributed by atoms with Gasteiger partial charge in [-0.1, -0.05) is 24.6 Å². The monoisotopic (exact) mass is 235 g/mol. The highest BCUT2D eigenvalue weighted by atomic mass is 32.2. The zero-order valence-electron chi connectivity index (χ0n) is 9.53. The van der Waals surface area contributed by atoms with Crippen LogP contribution in [-0.2, 0) is 4.79 Å². The molecule has 1 saturated heterocycles. The maximum absolute atomic E-state index is 12.0. The fourth-order valence-corrected chi connectivity index (χ4v) is 3.07. The molecule has 1 aliphatic rings. The molecule has 0 spiro atoms. The molecule has 1 aromatic carbocycles. The van der Waals surface area contributed by atoms with Crippen molar-refractivity contribution in [2.75, 3.05) is 11.1 Å². The van der Waals surface area contributed by atoms with Crippen LogP contribution in [0.1, 0.15) is 24.8 Å². The molecule has 2 rings (SSSR count). The lowest BCUT2D eigenvalue weighted by molar-refractivity contribution is -0.115. The summed E-state index contributed by atoms with van der Waals surface area (Å²) in [7, 11) is 0. The maximum atomic E-state index is 12.0. The highest BCUT2D eigenvalue weighted by Gasteiger charge is 2.21. The fourth-order valence-electron chi connectivity index (χ4n) is 1.87. The average Bonchev–Trinajstić information content (AvgIpc) is 2.33. The van der Waals surface area contributed by atoms with Gasteiger partial charge >= 0.3 is 0 Å². The molecule has 2 nitrogen and oxygen atoms in total. The van der Waals surface area contributed by atoms with E-state index in [9.17, 15) is 4.79 Å². The molecule has 1 unspecified atom stereocenters. The Balaban J connectivity index is 1.99. The summed E-state index contributed by atoms with van der Waals surface area (Å²) in [5.41, 5.74) is 2.07. The number of para-hydroxylation sites is 1. The van der Waals surface area contributed by atoms with E-state index < -0.39 is 0 Å². The first kappa shape index (κ1) is 11.5. The average molecular weight is 235 g/mol. The third-order valence-electron chi connectivity index (χ3n) is 2.88. The first-order valence-electron chi connectivity index (χ1n) is 5.75. The second-order valence-electron chi connectivity index (χ2n) is 4.16. The van der Waals surface area contributed by atoms with Crippen molar-refractivity contribution < 1.29 is 4.79 Å². The number of carbonyl (C=O) groups excluding carboxylic acids is 1. The van der Waals surface area contributed by atoms with E-state index in [4.69, 9.17) is 0 Å². The number of hydrogen-bond donors (Lipinski definition) is 1. The molecule has 1 heterocycles. The van der Waals surface area contributed by atoms with Crippen molar-refractivity contribution in [3.05, 3.63) is 29.8 Å². The van der Waals surface area contributed by atoms with Crippen LogP contribution in [0.2, 0.25) is 0 Å². The van der Waals surface area contributed by atoms with E-state index >= 15 is 0 Å². The summed E-state index contributed by atoms with van der Waals surface area (Å²) in [4.78, 5) is 12.0. The van der Waals surface area contributed by atoms with Gasteiger partial charge in [0, 0.05) is 5.69 Å². The second-order valence-corrected chi connectivity index (χ2v) is 5.47. The molecule has 3 heteroatoms. The van der Waals surface area contributed by atoms with E-state index in [1.54, 1.807) is 11.8 Å². The third-order valence-corrected chi connectivity index (χ3v) is 4.25. The normalized spacial score (nSPS) is 20.4. The largest absolute Gasteiger partial charge is 0.325 e. The van der Waals surface area contributed by atoms with Crippen LogP contribution in [0.4, 0.5) is 5.69 Å². The highest BCUT2D eigenvalue weighted by molar-refractivity contribution is 8.00. The summed E-state index contributed by atoms with van der Waals surface area (Å²) in [5, 5.41) is 3.17. The van der Waals surface area contributed by atoms with Gasteiger partial charge in [-0.25, -0.2) is 0 Å². The van der Waals surface area contributed by atoms with Crippen LogP contribution in [0.5, 0.6) is 0 Å². The van der Waals surface area contributed by atoms with Crippen molar-refractivity contribution in [3.8, 4) is 0 Å². The summed E-state index contributed by atoms with van der Waals surface area (Å²) >= 11 is 1.78. The minimum atomic E-state index is 0.147. The molecule has 1 N–H and O–H groups in total. The molecule has 0 aliphatic carbocycles. The van der Waals surface area contributed by atoms with Crippen LogP contribution in [0, 0.1) is 6.92 Å². The van der Waals surface area contributed by atoms with Crippen molar-refractivity contribution in [1.82, 2.24) is 0 Å². The summed E-state index contributed by atoms with van der Waals surface area (Å²) < 4.78 is 0. The number of amides is 1. The lowest BCUT2D eigenvalue weighted by Crippen LogP contribution is -2.27. The van der Waals surface area contributed by atoms with Gasteiger partial charge in [0.05, 0.1) is 5.25 Å². The third kappa shape index (κ3) is 2.79. The van der Waals surface area contributed by atoms with Gasteiger partial charge in [0.2, 0.25) is 5.91 Å². The lowest BCUT2D eigenvalue weighted by Gasteiger charge is -2.20. The van der Waals surface area contributed by atoms with Crippen LogP contribution in [-0.4, -0.2) is 16.9 Å². The van der Waals surface area contributed by atoms with Gasteiger partial charge in [-0.05, 0) is 37.1 Å². The summed E-state index contributed by atoms with van der Waals surface area (Å²) in [6, 6.07) is 7.92. The van der Waals surface area contributed by atoms with Gasteiger partial charge in [0.1, 0.15) is 0 Å². The van der Waals surface area contributed by atoms with Crippen LogP contribution in [0.25, 0.3) is 0 Å². The topological polar surface area (TPSA) is 29.1 Å². The predicted octanol–water partition coefficient (Wildman–Crippen LogP) is 3.22. The molecular formula is C13H17NOS. The Labute approximate surface area is 101 Å². The Morgan fingerprint density at radius 2 is 2.19 bits per heavy atom. The molecule has 1 atom stereocenters. The second kappa shape index (κ2) is 5.39. The van der Waals surface area contributed by atoms with Crippen LogP contribution in [0.3, 0.4) is 0 Å². The van der Waals surface area contributed by atoms with Crippen LogP contribution >= 0.6 is 11.8 Å². The molecule has 1 aromatic rings. The summed E-state index contributed by atoms with van der Waals surface area (Å²) in [5.74, 6) is 1.28. The van der Waals surface area contributed by atoms with Gasteiger partial charge < -0.3 is 5.32 Å². The number of hydrogen-bond acceptors (Lipinski definition) is 2. The van der Waals surface area contributed by atoms with Gasteiger partial charge in [-0.2, -0.15) is 0 Å². The Bertz CT molecular complexity index is 372. The minimum absolute atomic E-state index is 0.147. The molecule has 16 heavy (non-hydrogen) atoms. The molecule has 0 aromatic heterocycles. The summed E-state index contributed by atoms with van der Waals surface area (Å²) in [6.07, 6.45) is 3.44. The van der Waals surface area contributed by atoms with Crippen LogP contribution < -0.4 is 5.32 Å². The standard InChI is InChI=1S/C13H17NOS/c1-10-6-2-3-7-11(10)14-13(15)12-8-4-5-9-16-12/h2-3,6-7,12H,4-5,8-9H2,1H3,(H,14,15). The predicted molar refractivity (Wildman–Crippen MR) is 69.9 cm³/mol. The molecular weight excluding hydrogens is 218 g/mol. The fraction of sp³-hybridized carbons (Fsp3) is 0.462. The van der Waals surface area contributed by atoms with E-state index in [2.05, 4.69) is 5.32 Å². The van der Waals surface area contributed by atoms with E-state index in [-0.39, 0.29) is 11.2 Å². The van der Waals surface area contributed by atoms with Crippen molar-refractivity contribution in [3.63, 3.8) is 0 Å². The summed E-state index contributed by atoms with van der Waals surface area (Å²) in [6.45, 7) is 2.02. The van der Waals surface area contributed by atoms with E-state index in [1.807, 2.05) is 31.2 Å². The SMILES string of the molecule is Cc1ccccc1NC(=O)C1CCCCS1. The number of carbonyl (C=O) groups is 1. The van der Waals surface area contributed by atoms with Crippen molar-refractivity contribution >= 4 is 23.4 Å². The molecule has 86 valence electrons. The van der Waals surface area contributed by atoms with Crippen molar-refractivity contribution in [2.45, 2.75) is 31.4 Å². The van der Waals surface area contributed by atoms with Gasteiger partial charge in [-0.15, -0.1) is 11.8 Å². The van der Waals surface area contributed by atoms with Gasteiger partial charge in [0.25, 0.3) is 0 Å². The lowest BCUT2D eigenvalue weighted by atomic mass is 10.1. The highest BCUT2D eigenvalue weighted by Crippen LogP contribution is 2.26. The molecule has 1 amide bonds. The van der Waals surface area contributed by atoms with E-state index in [0.717, 1.165) is 23.4 Å². The Hall–Kier alpha value is -0.960. The van der Waals surface area contributed by atoms with Gasteiger partial charge in [-0.3, -0.25) is 4.79 Å². The molecule has 0 radical (unpaired) electrons. The first-order chi connectivity index (χ1) is 7.77. The van der Waals surface area contributed by atoms with Crippen LogP contribution in [0.15, 0.2) is 24.3 Å². The molecule has 1 fully saturated rings. The number of thioether (sulfide) groups is 1. The number of aryl methyl sites for hydroxylation is 1. The van der Waals surface area contributed by atoms with Crippen molar-refractivity contribution in [1.29, 1.82) is 0 Å². The Morgan fingerprint density at radius 1 is 1.38 bits per heavy atom. The minimum Gasteiger partial charge on any atom is -0.325 e. The number of rotatable bonds is 2. The zero-order chi connectivity index (χ0) is 11.4. The van der Waals surface area contributed by atoms with E-state index in [1.165, 1.54) is 12.8 Å². The number of benzene rings is 1. The van der Waals surface area contributed by atoms with E-state index in [0.29, 0.717) is 0 Å². The quantitative estimate of drug-likeness (QED) is 0.852. The van der Waals surface area contributed by atoms with Crippen molar-refractivity contribution in [2.24, 2.45) is 0 Å². The molecule has 1 aliphatic heterocycles. The smallest absolute Gasteiger partial charge is 0.237 e. The number of anilines is 1. The zero-order valence-corrected chi connectivity index (χ0v) is 10.3. The maximum Gasteiger partial charge on any atom is 0.237 e. The molecule has 0 bridgehead atoms. The first-order valence-corrected chi connectivity index (χ1v) is 6.80. The molecule has 0 saturated carbocycles. The Kier molecular flexibility index (Phi) is 3.88. The van der Waals surface area contributed by atoms with Gasteiger partial charge in [0.15, 0.2) is 0 Å². The Morgan fingerprint density at radius 3 is 2.88 bits per heavy atom.